The Morgan fingerprint density at radius 3 is 2.95 bits per heavy atom. The zero-order valence-electron chi connectivity index (χ0n) is 12.6. The topological polar surface area (TPSA) is 61.5 Å². The van der Waals surface area contributed by atoms with Crippen LogP contribution in [0.3, 0.4) is 0 Å². The van der Waals surface area contributed by atoms with E-state index in [4.69, 9.17) is 4.74 Å². The van der Waals surface area contributed by atoms with Crippen molar-refractivity contribution in [3.63, 3.8) is 0 Å². The molecule has 3 heterocycles. The van der Waals surface area contributed by atoms with Crippen LogP contribution in [0, 0.1) is 0 Å². The Bertz CT molecular complexity index is 456. The van der Waals surface area contributed by atoms with E-state index in [1.807, 2.05) is 17.9 Å². The predicted molar refractivity (Wildman–Crippen MR) is 79.0 cm³/mol. The van der Waals surface area contributed by atoms with E-state index < -0.39 is 0 Å². The number of rotatable bonds is 3. The van der Waals surface area contributed by atoms with Crippen molar-refractivity contribution in [2.45, 2.75) is 31.7 Å². The smallest absolute Gasteiger partial charge is 0.239 e. The average molecular weight is 292 g/mol. The molecule has 0 spiro atoms. The molecule has 1 aromatic rings. The molecule has 1 amide bonds. The lowest BCUT2D eigenvalue weighted by Gasteiger charge is -2.38. The van der Waals surface area contributed by atoms with Crippen molar-refractivity contribution < 1.29 is 9.53 Å². The van der Waals surface area contributed by atoms with Crippen LogP contribution in [0.5, 0.6) is 0 Å². The van der Waals surface area contributed by atoms with Crippen molar-refractivity contribution in [1.82, 2.24) is 20.0 Å². The molecule has 2 atom stereocenters. The molecule has 2 aliphatic rings. The summed E-state index contributed by atoms with van der Waals surface area (Å²) in [6, 6.07) is 2.00. The summed E-state index contributed by atoms with van der Waals surface area (Å²) in [6.07, 6.45) is 4.10. The highest BCUT2D eigenvalue weighted by molar-refractivity contribution is 5.81. The van der Waals surface area contributed by atoms with Gasteiger partial charge in [0.1, 0.15) is 0 Å². The maximum Gasteiger partial charge on any atom is 0.239 e. The zero-order valence-corrected chi connectivity index (χ0v) is 12.6. The third kappa shape index (κ3) is 3.27. The van der Waals surface area contributed by atoms with Gasteiger partial charge in [-0.15, -0.1) is 0 Å². The molecular weight excluding hydrogens is 268 g/mol. The van der Waals surface area contributed by atoms with Crippen LogP contribution in [0.25, 0.3) is 0 Å². The Morgan fingerprint density at radius 1 is 1.43 bits per heavy atom. The number of piperidine rings is 1. The maximum atomic E-state index is 12.6. The quantitative estimate of drug-likeness (QED) is 0.896. The van der Waals surface area contributed by atoms with Crippen LogP contribution < -0.4 is 0 Å². The molecule has 0 radical (unpaired) electrons. The van der Waals surface area contributed by atoms with Gasteiger partial charge in [0.05, 0.1) is 19.3 Å². The first kappa shape index (κ1) is 14.5. The summed E-state index contributed by atoms with van der Waals surface area (Å²) in [5, 5.41) is 7.11. The van der Waals surface area contributed by atoms with Crippen molar-refractivity contribution >= 4 is 5.91 Å². The van der Waals surface area contributed by atoms with Gasteiger partial charge in [-0.05, 0) is 32.4 Å². The summed E-state index contributed by atoms with van der Waals surface area (Å²) in [7, 11) is 0. The summed E-state index contributed by atoms with van der Waals surface area (Å²) < 4.78 is 5.32. The van der Waals surface area contributed by atoms with Crippen LogP contribution in [0.15, 0.2) is 12.3 Å². The Morgan fingerprint density at radius 2 is 2.24 bits per heavy atom. The number of H-pyrrole nitrogens is 1. The van der Waals surface area contributed by atoms with Gasteiger partial charge in [-0.3, -0.25) is 14.8 Å². The molecular formula is C15H24N4O2. The minimum atomic E-state index is -0.0474. The molecule has 3 rings (SSSR count). The average Bonchev–Trinajstić information content (AvgIpc) is 3.09. The van der Waals surface area contributed by atoms with Crippen LogP contribution in [-0.2, 0) is 9.53 Å². The Balaban J connectivity index is 1.61. The second-order valence-corrected chi connectivity index (χ2v) is 5.96. The number of carbonyl (C=O) groups is 1. The molecule has 0 saturated carbocycles. The number of hydrogen-bond acceptors (Lipinski definition) is 4. The second-order valence-electron chi connectivity index (χ2n) is 5.96. The lowest BCUT2D eigenvalue weighted by Crippen LogP contribution is -2.52. The summed E-state index contributed by atoms with van der Waals surface area (Å²) >= 11 is 0. The van der Waals surface area contributed by atoms with E-state index >= 15 is 0 Å². The Labute approximate surface area is 125 Å². The molecule has 2 aliphatic heterocycles. The summed E-state index contributed by atoms with van der Waals surface area (Å²) in [4.78, 5) is 16.8. The van der Waals surface area contributed by atoms with Gasteiger partial charge < -0.3 is 9.64 Å². The Kier molecular flexibility index (Phi) is 4.55. The fourth-order valence-electron chi connectivity index (χ4n) is 3.31. The molecule has 0 bridgehead atoms. The molecule has 0 aliphatic carbocycles. The van der Waals surface area contributed by atoms with Crippen LogP contribution in [0.1, 0.15) is 31.4 Å². The van der Waals surface area contributed by atoms with Crippen molar-refractivity contribution in [1.29, 1.82) is 0 Å². The summed E-state index contributed by atoms with van der Waals surface area (Å²) in [6.45, 7) is 6.74. The van der Waals surface area contributed by atoms with E-state index in [1.165, 1.54) is 5.69 Å². The van der Waals surface area contributed by atoms with E-state index in [0.29, 0.717) is 19.1 Å². The number of likely N-dealkylation sites (tertiary alicyclic amines) is 1. The minimum Gasteiger partial charge on any atom is -0.378 e. The van der Waals surface area contributed by atoms with Crippen LogP contribution in [0.4, 0.5) is 0 Å². The normalized spacial score (nSPS) is 25.8. The number of nitrogens with one attached hydrogen (secondary N) is 1. The Hall–Kier alpha value is -1.40. The highest BCUT2D eigenvalue weighted by atomic mass is 16.5. The highest BCUT2D eigenvalue weighted by Gasteiger charge is 2.31. The van der Waals surface area contributed by atoms with E-state index in [0.717, 1.165) is 39.0 Å². The van der Waals surface area contributed by atoms with Crippen molar-refractivity contribution in [2.24, 2.45) is 0 Å². The van der Waals surface area contributed by atoms with Crippen molar-refractivity contribution in [3.8, 4) is 0 Å². The first-order chi connectivity index (χ1) is 10.3. The van der Waals surface area contributed by atoms with Gasteiger partial charge in [-0.1, -0.05) is 0 Å². The molecule has 6 heteroatoms. The number of nitrogens with zero attached hydrogens (tertiary/aromatic N) is 3. The number of amides is 1. The standard InChI is InChI=1S/C15H24N4O2/c1-12(15(20)18-7-9-21-10-8-18)19-6-2-3-13(11-19)14-4-5-16-17-14/h4-5,12-13H,2-3,6-11H2,1H3,(H,16,17)/t12-,13+/m1/s1. The van der Waals surface area contributed by atoms with Crippen LogP contribution in [0.2, 0.25) is 0 Å². The highest BCUT2D eigenvalue weighted by Crippen LogP contribution is 2.26. The summed E-state index contributed by atoms with van der Waals surface area (Å²) in [5.41, 5.74) is 1.19. The molecule has 6 nitrogen and oxygen atoms in total. The fraction of sp³-hybridized carbons (Fsp3) is 0.733. The maximum absolute atomic E-state index is 12.6. The molecule has 2 fully saturated rings. The largest absolute Gasteiger partial charge is 0.378 e. The fourth-order valence-corrected chi connectivity index (χ4v) is 3.31. The van der Waals surface area contributed by atoms with E-state index in [2.05, 4.69) is 15.1 Å². The first-order valence-electron chi connectivity index (χ1n) is 7.85. The molecule has 21 heavy (non-hydrogen) atoms. The van der Waals surface area contributed by atoms with E-state index in [9.17, 15) is 4.79 Å². The molecule has 2 saturated heterocycles. The summed E-state index contributed by atoms with van der Waals surface area (Å²) in [5.74, 6) is 0.699. The predicted octanol–water partition coefficient (Wildman–Crippen LogP) is 0.836. The van der Waals surface area contributed by atoms with Gasteiger partial charge >= 0.3 is 0 Å². The molecule has 0 unspecified atom stereocenters. The van der Waals surface area contributed by atoms with Crippen molar-refractivity contribution in [2.75, 3.05) is 39.4 Å². The second kappa shape index (κ2) is 6.58. The number of ether oxygens (including phenoxy) is 1. The third-order valence-electron chi connectivity index (χ3n) is 4.64. The van der Waals surface area contributed by atoms with Crippen LogP contribution in [-0.4, -0.2) is 71.3 Å². The van der Waals surface area contributed by atoms with Gasteiger partial charge in [0.15, 0.2) is 0 Å². The van der Waals surface area contributed by atoms with E-state index in [1.54, 1.807) is 6.20 Å². The number of morpholine rings is 1. The molecule has 0 aromatic carbocycles. The number of aromatic nitrogens is 2. The number of carbonyl (C=O) groups excluding carboxylic acids is 1. The van der Waals surface area contributed by atoms with Crippen LogP contribution >= 0.6 is 0 Å². The SMILES string of the molecule is C[C@H](C(=O)N1CCOCC1)N1CCC[C@H](c2ccn[nH]2)C1. The van der Waals surface area contributed by atoms with Gasteiger partial charge in [-0.25, -0.2) is 0 Å². The van der Waals surface area contributed by atoms with Gasteiger partial charge in [0.25, 0.3) is 0 Å². The zero-order chi connectivity index (χ0) is 14.7. The van der Waals surface area contributed by atoms with Gasteiger partial charge in [0.2, 0.25) is 5.91 Å². The van der Waals surface area contributed by atoms with Crippen molar-refractivity contribution in [3.05, 3.63) is 18.0 Å². The molecule has 116 valence electrons. The lowest BCUT2D eigenvalue weighted by atomic mass is 9.94. The number of hydrogen-bond donors (Lipinski definition) is 1. The molecule has 1 aromatic heterocycles. The number of aromatic amines is 1. The first-order valence-corrected chi connectivity index (χ1v) is 7.85. The lowest BCUT2D eigenvalue weighted by molar-refractivity contribution is -0.141. The van der Waals surface area contributed by atoms with Gasteiger partial charge in [-0.2, -0.15) is 5.10 Å². The van der Waals surface area contributed by atoms with E-state index in [-0.39, 0.29) is 11.9 Å². The minimum absolute atomic E-state index is 0.0474. The van der Waals surface area contributed by atoms with Gasteiger partial charge in [0, 0.05) is 37.4 Å². The monoisotopic (exact) mass is 292 g/mol. The third-order valence-corrected chi connectivity index (χ3v) is 4.64. The molecule has 1 N–H and O–H groups in total.